The number of amides is 2. The number of carboxylic acid groups (broad SMARTS) is 1. The molecule has 2 amide bonds. The highest BCUT2D eigenvalue weighted by Crippen LogP contribution is 2.21. The Balaban J connectivity index is 1.89. The first kappa shape index (κ1) is 13.8. The fraction of sp³-hybridized carbons (Fsp3) is 0.583. The zero-order chi connectivity index (χ0) is 14.0. The van der Waals surface area contributed by atoms with Crippen molar-refractivity contribution in [1.82, 2.24) is 15.2 Å². The minimum Gasteiger partial charge on any atom is -0.481 e. The molecule has 0 bridgehead atoms. The van der Waals surface area contributed by atoms with Crippen LogP contribution in [0.1, 0.15) is 29.3 Å². The summed E-state index contributed by atoms with van der Waals surface area (Å²) in [6, 6.07) is -0.376. The third kappa shape index (κ3) is 3.23. The molecule has 2 unspecified atom stereocenters. The van der Waals surface area contributed by atoms with Crippen LogP contribution >= 0.6 is 11.3 Å². The van der Waals surface area contributed by atoms with Crippen LogP contribution in [0.5, 0.6) is 0 Å². The van der Waals surface area contributed by atoms with Crippen LogP contribution in [0, 0.1) is 12.8 Å². The standard InChI is InChI=1S/C12H17N3O3S/c1-7-5-13-10(19-7)8(2)14-12(18)15-4-3-9(6-15)11(16)17/h5,8-9H,3-4,6H2,1-2H3,(H,14,18)(H,16,17). The maximum absolute atomic E-state index is 12.0. The van der Waals surface area contributed by atoms with E-state index in [0.29, 0.717) is 13.0 Å². The van der Waals surface area contributed by atoms with Crippen molar-refractivity contribution in [3.05, 3.63) is 16.1 Å². The minimum absolute atomic E-state index is 0.157. The molecule has 2 rings (SSSR count). The molecule has 104 valence electrons. The maximum atomic E-state index is 12.0. The van der Waals surface area contributed by atoms with Crippen molar-refractivity contribution in [3.63, 3.8) is 0 Å². The molecule has 2 heterocycles. The van der Waals surface area contributed by atoms with Gasteiger partial charge in [-0.25, -0.2) is 9.78 Å². The van der Waals surface area contributed by atoms with Crippen molar-refractivity contribution in [2.75, 3.05) is 13.1 Å². The van der Waals surface area contributed by atoms with Crippen LogP contribution in [0.4, 0.5) is 4.79 Å². The van der Waals surface area contributed by atoms with E-state index in [1.807, 2.05) is 13.8 Å². The zero-order valence-corrected chi connectivity index (χ0v) is 11.7. The van der Waals surface area contributed by atoms with Crippen molar-refractivity contribution in [3.8, 4) is 0 Å². The molecular weight excluding hydrogens is 266 g/mol. The Bertz CT molecular complexity index is 488. The van der Waals surface area contributed by atoms with E-state index < -0.39 is 11.9 Å². The third-order valence-electron chi connectivity index (χ3n) is 3.17. The number of urea groups is 1. The SMILES string of the molecule is Cc1cnc(C(C)NC(=O)N2CCC(C(=O)O)C2)s1. The predicted molar refractivity (Wildman–Crippen MR) is 71.1 cm³/mol. The van der Waals surface area contributed by atoms with Gasteiger partial charge in [-0.05, 0) is 20.3 Å². The van der Waals surface area contributed by atoms with Gasteiger partial charge in [-0.1, -0.05) is 0 Å². The Morgan fingerprint density at radius 3 is 2.89 bits per heavy atom. The predicted octanol–water partition coefficient (Wildman–Crippen LogP) is 1.63. The number of aromatic nitrogens is 1. The second-order valence-corrected chi connectivity index (χ2v) is 6.02. The number of aryl methyl sites for hydroxylation is 1. The summed E-state index contributed by atoms with van der Waals surface area (Å²) >= 11 is 1.55. The molecule has 1 aliphatic heterocycles. The van der Waals surface area contributed by atoms with Crippen LogP contribution in [-0.4, -0.2) is 40.1 Å². The van der Waals surface area contributed by atoms with E-state index in [1.54, 1.807) is 22.4 Å². The van der Waals surface area contributed by atoms with Gasteiger partial charge in [0.2, 0.25) is 0 Å². The molecule has 1 aromatic heterocycles. The number of likely N-dealkylation sites (tertiary alicyclic amines) is 1. The molecule has 0 radical (unpaired) electrons. The summed E-state index contributed by atoms with van der Waals surface area (Å²) in [6.45, 7) is 4.62. The van der Waals surface area contributed by atoms with Gasteiger partial charge in [0.1, 0.15) is 5.01 Å². The number of hydrogen-bond donors (Lipinski definition) is 2. The topological polar surface area (TPSA) is 82.5 Å². The molecule has 2 atom stereocenters. The second-order valence-electron chi connectivity index (χ2n) is 4.75. The van der Waals surface area contributed by atoms with Gasteiger partial charge in [0, 0.05) is 24.2 Å². The highest BCUT2D eigenvalue weighted by molar-refractivity contribution is 7.11. The number of hydrogen-bond acceptors (Lipinski definition) is 4. The van der Waals surface area contributed by atoms with Gasteiger partial charge < -0.3 is 15.3 Å². The van der Waals surface area contributed by atoms with Crippen molar-refractivity contribution in [2.45, 2.75) is 26.3 Å². The average Bonchev–Trinajstić information content (AvgIpc) is 2.96. The van der Waals surface area contributed by atoms with E-state index in [9.17, 15) is 9.59 Å². The summed E-state index contributed by atoms with van der Waals surface area (Å²) in [6.07, 6.45) is 2.30. The molecule has 1 fully saturated rings. The molecule has 19 heavy (non-hydrogen) atoms. The fourth-order valence-corrected chi connectivity index (χ4v) is 2.83. The molecule has 0 spiro atoms. The molecule has 6 nitrogen and oxygen atoms in total. The fourth-order valence-electron chi connectivity index (χ4n) is 2.06. The Kier molecular flexibility index (Phi) is 4.04. The van der Waals surface area contributed by atoms with Crippen LogP contribution in [0.2, 0.25) is 0 Å². The molecule has 0 aromatic carbocycles. The number of nitrogens with one attached hydrogen (secondary N) is 1. The van der Waals surface area contributed by atoms with Gasteiger partial charge in [0.05, 0.1) is 12.0 Å². The normalized spacial score (nSPS) is 20.3. The van der Waals surface area contributed by atoms with Crippen molar-refractivity contribution in [1.29, 1.82) is 0 Å². The summed E-state index contributed by atoms with van der Waals surface area (Å²) in [5.41, 5.74) is 0. The Labute approximate surface area is 115 Å². The van der Waals surface area contributed by atoms with E-state index in [1.165, 1.54) is 0 Å². The number of carboxylic acids is 1. The Hall–Kier alpha value is -1.63. The van der Waals surface area contributed by atoms with E-state index in [4.69, 9.17) is 5.11 Å². The summed E-state index contributed by atoms with van der Waals surface area (Å²) in [5.74, 6) is -1.28. The van der Waals surface area contributed by atoms with Crippen LogP contribution in [0.15, 0.2) is 6.20 Å². The van der Waals surface area contributed by atoms with Gasteiger partial charge in [0.15, 0.2) is 0 Å². The first-order valence-corrected chi connectivity index (χ1v) is 6.99. The first-order chi connectivity index (χ1) is 8.97. The summed E-state index contributed by atoms with van der Waals surface area (Å²) in [4.78, 5) is 29.7. The van der Waals surface area contributed by atoms with E-state index in [0.717, 1.165) is 9.88 Å². The Morgan fingerprint density at radius 1 is 1.63 bits per heavy atom. The van der Waals surface area contributed by atoms with Gasteiger partial charge in [-0.2, -0.15) is 0 Å². The second kappa shape index (κ2) is 5.56. The zero-order valence-electron chi connectivity index (χ0n) is 10.9. The molecule has 2 N–H and O–H groups in total. The lowest BCUT2D eigenvalue weighted by Gasteiger charge is -2.19. The summed E-state index contributed by atoms with van der Waals surface area (Å²) in [7, 11) is 0. The smallest absolute Gasteiger partial charge is 0.317 e. The molecule has 0 aliphatic carbocycles. The quantitative estimate of drug-likeness (QED) is 0.883. The largest absolute Gasteiger partial charge is 0.481 e. The summed E-state index contributed by atoms with van der Waals surface area (Å²) in [5, 5.41) is 12.6. The van der Waals surface area contributed by atoms with E-state index in [-0.39, 0.29) is 18.6 Å². The van der Waals surface area contributed by atoms with Gasteiger partial charge in [-0.15, -0.1) is 11.3 Å². The highest BCUT2D eigenvalue weighted by Gasteiger charge is 2.31. The average molecular weight is 283 g/mol. The third-order valence-corrected chi connectivity index (χ3v) is 4.27. The molecule has 0 saturated carbocycles. The van der Waals surface area contributed by atoms with Gasteiger partial charge in [0.25, 0.3) is 0 Å². The monoisotopic (exact) mass is 283 g/mol. The van der Waals surface area contributed by atoms with Crippen LogP contribution in [0.25, 0.3) is 0 Å². The number of carbonyl (C=O) groups is 2. The van der Waals surface area contributed by atoms with Crippen molar-refractivity contribution < 1.29 is 14.7 Å². The number of carbonyl (C=O) groups excluding carboxylic acids is 1. The van der Waals surface area contributed by atoms with E-state index >= 15 is 0 Å². The molecular formula is C12H17N3O3S. The number of thiazole rings is 1. The van der Waals surface area contributed by atoms with Crippen LogP contribution in [0.3, 0.4) is 0 Å². The Morgan fingerprint density at radius 2 is 2.37 bits per heavy atom. The number of rotatable bonds is 3. The van der Waals surface area contributed by atoms with Gasteiger partial charge >= 0.3 is 12.0 Å². The molecule has 1 aliphatic rings. The first-order valence-electron chi connectivity index (χ1n) is 6.18. The van der Waals surface area contributed by atoms with Gasteiger partial charge in [-0.3, -0.25) is 4.79 Å². The van der Waals surface area contributed by atoms with Crippen molar-refractivity contribution in [2.24, 2.45) is 5.92 Å². The van der Waals surface area contributed by atoms with Crippen LogP contribution in [-0.2, 0) is 4.79 Å². The highest BCUT2D eigenvalue weighted by atomic mass is 32.1. The van der Waals surface area contributed by atoms with Crippen LogP contribution < -0.4 is 5.32 Å². The van der Waals surface area contributed by atoms with E-state index in [2.05, 4.69) is 10.3 Å². The van der Waals surface area contributed by atoms with Crippen molar-refractivity contribution >= 4 is 23.3 Å². The molecule has 1 aromatic rings. The lowest BCUT2D eigenvalue weighted by molar-refractivity contribution is -0.141. The molecule has 7 heteroatoms. The lowest BCUT2D eigenvalue weighted by atomic mass is 10.1. The minimum atomic E-state index is -0.834. The number of nitrogens with zero attached hydrogens (tertiary/aromatic N) is 2. The number of aliphatic carboxylic acids is 1. The lowest BCUT2D eigenvalue weighted by Crippen LogP contribution is -2.40. The maximum Gasteiger partial charge on any atom is 0.317 e. The summed E-state index contributed by atoms with van der Waals surface area (Å²) < 4.78 is 0. The molecule has 1 saturated heterocycles.